The number of benzene rings is 1. The van der Waals surface area contributed by atoms with Gasteiger partial charge in [-0.1, -0.05) is 62.8 Å². The van der Waals surface area contributed by atoms with Gasteiger partial charge in [0, 0.05) is 0 Å². The third-order valence-corrected chi connectivity index (χ3v) is 3.57. The molecular weight excluding hydrogens is 228 g/mol. The van der Waals surface area contributed by atoms with Crippen LogP contribution in [0.3, 0.4) is 0 Å². The number of rotatable bonds is 4. The summed E-state index contributed by atoms with van der Waals surface area (Å²) < 4.78 is 0. The van der Waals surface area contributed by atoms with E-state index in [4.69, 9.17) is 0 Å². The van der Waals surface area contributed by atoms with Crippen molar-refractivity contribution in [1.29, 1.82) is 0 Å². The molecule has 0 aromatic heterocycles. The number of hydrogen-bond acceptors (Lipinski definition) is 0. The van der Waals surface area contributed by atoms with E-state index in [1.165, 1.54) is 22.3 Å². The van der Waals surface area contributed by atoms with Crippen molar-refractivity contribution < 1.29 is 0 Å². The Morgan fingerprint density at radius 3 is 2.42 bits per heavy atom. The van der Waals surface area contributed by atoms with Gasteiger partial charge in [0.25, 0.3) is 0 Å². The fourth-order valence-electron chi connectivity index (χ4n) is 1.94. The highest BCUT2D eigenvalue weighted by Gasteiger charge is 2.08. The van der Waals surface area contributed by atoms with Gasteiger partial charge in [0.05, 0.1) is 0 Å². The number of aryl methyl sites for hydroxylation is 1. The van der Waals surface area contributed by atoms with Gasteiger partial charge in [-0.15, -0.1) is 0 Å². The molecule has 1 atom stereocenters. The molecule has 0 aliphatic rings. The van der Waals surface area contributed by atoms with Gasteiger partial charge in [-0.25, -0.2) is 0 Å². The minimum Gasteiger partial charge on any atom is -0.0877 e. The van der Waals surface area contributed by atoms with Gasteiger partial charge in [0.2, 0.25) is 0 Å². The Morgan fingerprint density at radius 1 is 1.21 bits per heavy atom. The molecule has 0 nitrogen and oxygen atoms in total. The van der Waals surface area contributed by atoms with Crippen LogP contribution in [-0.4, -0.2) is 0 Å². The van der Waals surface area contributed by atoms with Crippen molar-refractivity contribution in [1.82, 2.24) is 0 Å². The average Bonchev–Trinajstić information content (AvgIpc) is 2.43. The Hall–Kier alpha value is -1.30. The second-order valence-electron chi connectivity index (χ2n) is 4.90. The largest absolute Gasteiger partial charge is 0.0877 e. The van der Waals surface area contributed by atoms with E-state index < -0.39 is 0 Å². The number of allylic oxidation sites excluding steroid dienone is 4. The molecule has 0 bridgehead atoms. The summed E-state index contributed by atoms with van der Waals surface area (Å²) in [5.74, 6) is 0.603. The van der Waals surface area contributed by atoms with Gasteiger partial charge < -0.3 is 0 Å². The first-order valence-corrected chi connectivity index (χ1v) is 7.40. The molecule has 0 aliphatic heterocycles. The lowest BCUT2D eigenvalue weighted by Gasteiger charge is -2.15. The van der Waals surface area contributed by atoms with Gasteiger partial charge in [0.1, 0.15) is 0 Å². The monoisotopic (exact) mass is 258 g/mol. The predicted molar refractivity (Wildman–Crippen MR) is 88.7 cm³/mol. The van der Waals surface area contributed by atoms with Crippen LogP contribution >= 0.6 is 0 Å². The normalized spacial score (nSPS) is 13.1. The Bertz CT molecular complexity index is 422. The van der Waals surface area contributed by atoms with E-state index in [-0.39, 0.29) is 0 Å². The fraction of sp³-hybridized carbons (Fsp3) is 0.474. The van der Waals surface area contributed by atoms with Gasteiger partial charge in [-0.05, 0) is 56.7 Å². The Morgan fingerprint density at radius 2 is 1.84 bits per heavy atom. The van der Waals surface area contributed by atoms with E-state index >= 15 is 0 Å². The SMILES string of the molecule is C/C=C\C=C(/C)C(C)Cc1cccc(C)c1C.CC. The summed E-state index contributed by atoms with van der Waals surface area (Å²) in [6.07, 6.45) is 7.55. The van der Waals surface area contributed by atoms with Crippen LogP contribution in [0.1, 0.15) is 51.3 Å². The molecule has 0 spiro atoms. The summed E-state index contributed by atoms with van der Waals surface area (Å²) >= 11 is 0. The van der Waals surface area contributed by atoms with E-state index in [1.807, 2.05) is 13.8 Å². The van der Waals surface area contributed by atoms with E-state index in [0.29, 0.717) is 5.92 Å². The van der Waals surface area contributed by atoms with Crippen molar-refractivity contribution in [2.75, 3.05) is 0 Å². The van der Waals surface area contributed by atoms with Crippen LogP contribution in [0.4, 0.5) is 0 Å². The Labute approximate surface area is 120 Å². The Balaban J connectivity index is 0.00000154. The lowest BCUT2D eigenvalue weighted by Crippen LogP contribution is -2.03. The van der Waals surface area contributed by atoms with Crippen molar-refractivity contribution in [3.8, 4) is 0 Å². The smallest absolute Gasteiger partial charge is 0.0191 e. The maximum Gasteiger partial charge on any atom is -0.0191 e. The fourth-order valence-corrected chi connectivity index (χ4v) is 1.94. The summed E-state index contributed by atoms with van der Waals surface area (Å²) in [6, 6.07) is 6.60. The lowest BCUT2D eigenvalue weighted by atomic mass is 9.91. The zero-order valence-corrected chi connectivity index (χ0v) is 13.7. The molecule has 0 saturated heterocycles. The third kappa shape index (κ3) is 5.92. The summed E-state index contributed by atoms with van der Waals surface area (Å²) in [5, 5.41) is 0. The van der Waals surface area contributed by atoms with Crippen LogP contribution in [0.15, 0.2) is 42.0 Å². The second kappa shape index (κ2) is 9.61. The molecule has 0 fully saturated rings. The molecule has 0 amide bonds. The first-order chi connectivity index (χ1) is 9.06. The maximum absolute atomic E-state index is 2.30. The zero-order chi connectivity index (χ0) is 14.8. The predicted octanol–water partition coefficient (Wildman–Crippen LogP) is 6.03. The molecule has 1 rings (SSSR count). The molecule has 1 aromatic rings. The summed E-state index contributed by atoms with van der Waals surface area (Å²) in [6.45, 7) is 15.0. The van der Waals surface area contributed by atoms with Crippen molar-refractivity contribution >= 4 is 0 Å². The highest BCUT2D eigenvalue weighted by Crippen LogP contribution is 2.20. The topological polar surface area (TPSA) is 0 Å². The van der Waals surface area contributed by atoms with E-state index in [2.05, 4.69) is 71.0 Å². The first-order valence-electron chi connectivity index (χ1n) is 7.40. The number of hydrogen-bond donors (Lipinski definition) is 0. The molecule has 0 heteroatoms. The minimum absolute atomic E-state index is 0.603. The lowest BCUT2D eigenvalue weighted by molar-refractivity contribution is 0.674. The van der Waals surface area contributed by atoms with Crippen molar-refractivity contribution in [3.05, 3.63) is 58.7 Å². The molecule has 1 unspecified atom stereocenters. The zero-order valence-electron chi connectivity index (χ0n) is 13.7. The van der Waals surface area contributed by atoms with Crippen LogP contribution in [0.25, 0.3) is 0 Å². The van der Waals surface area contributed by atoms with Gasteiger partial charge >= 0.3 is 0 Å². The van der Waals surface area contributed by atoms with Gasteiger partial charge in [-0.3, -0.25) is 0 Å². The first kappa shape index (κ1) is 17.7. The van der Waals surface area contributed by atoms with Gasteiger partial charge in [0.15, 0.2) is 0 Å². The Kier molecular flexibility index (Phi) is 8.95. The minimum atomic E-state index is 0.603. The highest BCUT2D eigenvalue weighted by molar-refractivity contribution is 5.34. The van der Waals surface area contributed by atoms with Crippen LogP contribution in [0.2, 0.25) is 0 Å². The van der Waals surface area contributed by atoms with Crippen molar-refractivity contribution in [3.63, 3.8) is 0 Å². The molecule has 0 saturated carbocycles. The molecule has 0 aliphatic carbocycles. The standard InChI is InChI=1S/C17H24.C2H6/c1-6-7-9-13(2)15(4)12-17-11-8-10-14(3)16(17)5;1-2/h6-11,15H,12H2,1-5H3;1-2H3/b7-6-,13-9+;. The molecular formula is C19H30. The highest BCUT2D eigenvalue weighted by atomic mass is 14.1. The van der Waals surface area contributed by atoms with Crippen molar-refractivity contribution in [2.24, 2.45) is 5.92 Å². The molecule has 0 N–H and O–H groups in total. The average molecular weight is 258 g/mol. The van der Waals surface area contributed by atoms with Crippen LogP contribution in [0, 0.1) is 19.8 Å². The van der Waals surface area contributed by atoms with Crippen LogP contribution in [0.5, 0.6) is 0 Å². The van der Waals surface area contributed by atoms with Gasteiger partial charge in [-0.2, -0.15) is 0 Å². The summed E-state index contributed by atoms with van der Waals surface area (Å²) in [7, 11) is 0. The maximum atomic E-state index is 2.30. The molecule has 106 valence electrons. The van der Waals surface area contributed by atoms with E-state index in [9.17, 15) is 0 Å². The second-order valence-corrected chi connectivity index (χ2v) is 4.90. The summed E-state index contributed by atoms with van der Waals surface area (Å²) in [5.41, 5.74) is 5.76. The quantitative estimate of drug-likeness (QED) is 0.578. The van der Waals surface area contributed by atoms with E-state index in [1.54, 1.807) is 0 Å². The molecule has 0 heterocycles. The van der Waals surface area contributed by atoms with Crippen LogP contribution < -0.4 is 0 Å². The van der Waals surface area contributed by atoms with Crippen molar-refractivity contribution in [2.45, 2.75) is 54.9 Å². The summed E-state index contributed by atoms with van der Waals surface area (Å²) in [4.78, 5) is 0. The third-order valence-electron chi connectivity index (χ3n) is 3.57. The molecule has 1 aromatic carbocycles. The van der Waals surface area contributed by atoms with Crippen LogP contribution in [-0.2, 0) is 6.42 Å². The van der Waals surface area contributed by atoms with E-state index in [0.717, 1.165) is 6.42 Å². The molecule has 0 radical (unpaired) electrons. The molecule has 19 heavy (non-hydrogen) atoms.